The van der Waals surface area contributed by atoms with E-state index in [2.05, 4.69) is 9.97 Å². The molecule has 0 unspecified atom stereocenters. The van der Waals surface area contributed by atoms with E-state index in [0.29, 0.717) is 12.8 Å². The van der Waals surface area contributed by atoms with Gasteiger partial charge in [-0.05, 0) is 12.8 Å². The Morgan fingerprint density at radius 2 is 1.83 bits per heavy atom. The molecule has 18 heavy (non-hydrogen) atoms. The van der Waals surface area contributed by atoms with Crippen molar-refractivity contribution in [2.75, 3.05) is 16.5 Å². The number of hydrogen-bond acceptors (Lipinski definition) is 6. The van der Waals surface area contributed by atoms with E-state index in [9.17, 15) is 8.78 Å². The molecule has 0 radical (unpaired) electrons. The molecular weight excluding hydrogens is 242 g/mol. The third kappa shape index (κ3) is 2.42. The summed E-state index contributed by atoms with van der Waals surface area (Å²) in [7, 11) is 0. The Kier molecular flexibility index (Phi) is 3.20. The first-order chi connectivity index (χ1) is 8.41. The maximum Gasteiger partial charge on any atom is 0.248 e. The van der Waals surface area contributed by atoms with E-state index in [1.807, 2.05) is 0 Å². The van der Waals surface area contributed by atoms with Gasteiger partial charge in [0, 0.05) is 18.9 Å². The Labute approximate surface area is 103 Å². The van der Waals surface area contributed by atoms with Crippen LogP contribution in [0.3, 0.4) is 0 Å². The molecule has 0 spiro atoms. The van der Waals surface area contributed by atoms with E-state index < -0.39 is 5.92 Å². The van der Waals surface area contributed by atoms with Crippen LogP contribution in [-0.4, -0.2) is 21.9 Å². The molecule has 0 bridgehead atoms. The fourth-order valence-corrected chi connectivity index (χ4v) is 2.08. The van der Waals surface area contributed by atoms with Crippen LogP contribution in [0.5, 0.6) is 0 Å². The molecule has 1 aromatic rings. The predicted molar refractivity (Wildman–Crippen MR) is 64.7 cm³/mol. The first-order valence-corrected chi connectivity index (χ1v) is 5.68. The summed E-state index contributed by atoms with van der Waals surface area (Å²) in [6.07, 6.45) is 1.50. The fraction of sp³-hybridized carbons (Fsp3) is 0.600. The summed E-state index contributed by atoms with van der Waals surface area (Å²) in [5, 5.41) is 1.32. The van der Waals surface area contributed by atoms with Crippen molar-refractivity contribution in [2.45, 2.75) is 37.6 Å². The smallest absolute Gasteiger partial charge is 0.248 e. The second kappa shape index (κ2) is 4.52. The van der Waals surface area contributed by atoms with Gasteiger partial charge in [-0.3, -0.25) is 5.01 Å². The number of anilines is 3. The third-order valence-electron chi connectivity index (χ3n) is 3.22. The predicted octanol–water partition coefficient (Wildman–Crippen LogP) is 0.899. The molecule has 0 saturated heterocycles. The van der Waals surface area contributed by atoms with Crippen LogP contribution in [0.4, 0.5) is 26.1 Å². The Morgan fingerprint density at radius 3 is 2.44 bits per heavy atom. The number of alkyl halides is 2. The number of aromatic nitrogens is 2. The molecule has 1 aliphatic rings. The van der Waals surface area contributed by atoms with Crippen molar-refractivity contribution in [1.82, 2.24) is 9.97 Å². The van der Waals surface area contributed by atoms with Crippen LogP contribution in [0, 0.1) is 0 Å². The molecule has 8 heteroatoms. The Bertz CT molecular complexity index is 428. The standard InChI is InChI=1S/C10H16F2N6/c11-10(12)3-1-6(2-4-10)18(15)9-7(13)8(14)16-5-17-9/h5-6H,1-4,13,15H2,(H2,14,16,17). The van der Waals surface area contributed by atoms with E-state index in [4.69, 9.17) is 17.3 Å². The summed E-state index contributed by atoms with van der Waals surface area (Å²) in [6, 6.07) is -0.207. The van der Waals surface area contributed by atoms with Crippen molar-refractivity contribution in [1.29, 1.82) is 0 Å². The maximum absolute atomic E-state index is 13.1. The van der Waals surface area contributed by atoms with E-state index in [0.717, 1.165) is 0 Å². The molecule has 2 rings (SSSR count). The van der Waals surface area contributed by atoms with Gasteiger partial charge in [0.05, 0.1) is 0 Å². The lowest BCUT2D eigenvalue weighted by Gasteiger charge is -2.34. The van der Waals surface area contributed by atoms with Crippen LogP contribution in [0.15, 0.2) is 6.33 Å². The Hall–Kier alpha value is -1.70. The van der Waals surface area contributed by atoms with Crippen LogP contribution < -0.4 is 22.3 Å². The topological polar surface area (TPSA) is 107 Å². The molecule has 0 amide bonds. The molecule has 0 atom stereocenters. The Balaban J connectivity index is 2.12. The molecule has 100 valence electrons. The number of hydrogen-bond donors (Lipinski definition) is 3. The van der Waals surface area contributed by atoms with Crippen LogP contribution >= 0.6 is 0 Å². The maximum atomic E-state index is 13.1. The summed E-state index contributed by atoms with van der Waals surface area (Å²) >= 11 is 0. The molecule has 1 saturated carbocycles. The molecule has 0 aliphatic heterocycles. The molecule has 0 aromatic carbocycles. The zero-order valence-electron chi connectivity index (χ0n) is 9.81. The van der Waals surface area contributed by atoms with Crippen molar-refractivity contribution in [3.8, 4) is 0 Å². The number of nitrogens with zero attached hydrogens (tertiary/aromatic N) is 3. The van der Waals surface area contributed by atoms with Crippen molar-refractivity contribution < 1.29 is 8.78 Å². The molecule has 1 fully saturated rings. The second-order valence-corrected chi connectivity index (χ2v) is 4.49. The SMILES string of the molecule is Nc1ncnc(N(N)C2CCC(F)(F)CC2)c1N. The second-order valence-electron chi connectivity index (χ2n) is 4.49. The molecule has 1 aromatic heterocycles. The lowest BCUT2D eigenvalue weighted by Crippen LogP contribution is -2.46. The number of nitrogens with two attached hydrogens (primary N) is 3. The zero-order valence-corrected chi connectivity index (χ0v) is 9.81. The minimum Gasteiger partial charge on any atom is -0.393 e. The average Bonchev–Trinajstić information content (AvgIpc) is 2.32. The first kappa shape index (κ1) is 12.7. The summed E-state index contributed by atoms with van der Waals surface area (Å²) in [5.41, 5.74) is 11.5. The largest absolute Gasteiger partial charge is 0.393 e. The van der Waals surface area contributed by atoms with E-state index in [1.165, 1.54) is 11.3 Å². The highest BCUT2D eigenvalue weighted by molar-refractivity contribution is 5.72. The fourth-order valence-electron chi connectivity index (χ4n) is 2.08. The van der Waals surface area contributed by atoms with Crippen LogP contribution in [0.2, 0.25) is 0 Å². The zero-order chi connectivity index (χ0) is 13.3. The number of halogens is 2. The van der Waals surface area contributed by atoms with E-state index in [1.54, 1.807) is 0 Å². The molecule has 1 heterocycles. The highest BCUT2D eigenvalue weighted by Gasteiger charge is 2.37. The van der Waals surface area contributed by atoms with Crippen molar-refractivity contribution >= 4 is 17.3 Å². The van der Waals surface area contributed by atoms with Crippen LogP contribution in [0.25, 0.3) is 0 Å². The number of nitrogen functional groups attached to an aromatic ring is 2. The van der Waals surface area contributed by atoms with Gasteiger partial charge in [-0.2, -0.15) is 0 Å². The molecular formula is C10H16F2N6. The molecule has 6 nitrogen and oxygen atoms in total. The Morgan fingerprint density at radius 1 is 1.22 bits per heavy atom. The average molecular weight is 258 g/mol. The quantitative estimate of drug-likeness (QED) is 0.537. The van der Waals surface area contributed by atoms with Crippen molar-refractivity contribution in [2.24, 2.45) is 5.84 Å². The van der Waals surface area contributed by atoms with Gasteiger partial charge in [0.15, 0.2) is 11.6 Å². The molecule has 1 aliphatic carbocycles. The molecule has 6 N–H and O–H groups in total. The van der Waals surface area contributed by atoms with Gasteiger partial charge in [0.1, 0.15) is 12.0 Å². The summed E-state index contributed by atoms with van der Waals surface area (Å²) in [4.78, 5) is 7.68. The lowest BCUT2D eigenvalue weighted by molar-refractivity contribution is -0.0381. The van der Waals surface area contributed by atoms with Gasteiger partial charge < -0.3 is 11.5 Å². The van der Waals surface area contributed by atoms with Crippen molar-refractivity contribution in [3.63, 3.8) is 0 Å². The summed E-state index contributed by atoms with van der Waals surface area (Å²) < 4.78 is 26.1. The normalized spacial score (nSPS) is 19.7. The minimum absolute atomic E-state index is 0.136. The van der Waals surface area contributed by atoms with Gasteiger partial charge in [-0.1, -0.05) is 0 Å². The minimum atomic E-state index is -2.59. The highest BCUT2D eigenvalue weighted by Crippen LogP contribution is 2.36. The van der Waals surface area contributed by atoms with Crippen LogP contribution in [0.1, 0.15) is 25.7 Å². The lowest BCUT2D eigenvalue weighted by atomic mass is 9.92. The van der Waals surface area contributed by atoms with E-state index in [-0.39, 0.29) is 36.2 Å². The van der Waals surface area contributed by atoms with Gasteiger partial charge >= 0.3 is 0 Å². The number of rotatable bonds is 2. The number of hydrazine groups is 1. The monoisotopic (exact) mass is 258 g/mol. The van der Waals surface area contributed by atoms with Gasteiger partial charge in [-0.15, -0.1) is 0 Å². The third-order valence-corrected chi connectivity index (χ3v) is 3.22. The van der Waals surface area contributed by atoms with Crippen molar-refractivity contribution in [3.05, 3.63) is 6.33 Å². The van der Waals surface area contributed by atoms with E-state index >= 15 is 0 Å². The summed E-state index contributed by atoms with van der Waals surface area (Å²) in [5.74, 6) is 3.73. The highest BCUT2D eigenvalue weighted by atomic mass is 19.3. The summed E-state index contributed by atoms with van der Waals surface area (Å²) in [6.45, 7) is 0. The van der Waals surface area contributed by atoms with Gasteiger partial charge in [0.25, 0.3) is 0 Å². The van der Waals surface area contributed by atoms with Crippen LogP contribution in [-0.2, 0) is 0 Å². The van der Waals surface area contributed by atoms with Gasteiger partial charge in [-0.25, -0.2) is 24.6 Å². The van der Waals surface area contributed by atoms with Gasteiger partial charge in [0.2, 0.25) is 5.92 Å². The first-order valence-electron chi connectivity index (χ1n) is 5.68.